The fourth-order valence-electron chi connectivity index (χ4n) is 4.46. The van der Waals surface area contributed by atoms with E-state index in [2.05, 4.69) is 15.6 Å². The Balaban J connectivity index is 1.34. The van der Waals surface area contributed by atoms with Crippen molar-refractivity contribution in [1.29, 1.82) is 0 Å². The molecule has 3 saturated carbocycles. The predicted molar refractivity (Wildman–Crippen MR) is 114 cm³/mol. The molecule has 1 aromatic carbocycles. The molecule has 166 valence electrons. The number of aliphatic hydroxyl groups is 1. The van der Waals surface area contributed by atoms with Gasteiger partial charge in [0.15, 0.2) is 6.61 Å². The smallest absolute Gasteiger partial charge is 0.271 e. The minimum atomic E-state index is -0.801. The SMILES string of the molecule is Cc1nc(C(=O)NC23CCC(NC(=O)COc4ccc(Cl)c(F)c4)(CC2)C(O)C3)cs1. The third kappa shape index (κ3) is 4.53. The first-order valence-electron chi connectivity index (χ1n) is 10.0. The summed E-state index contributed by atoms with van der Waals surface area (Å²) >= 11 is 7.06. The highest BCUT2D eigenvalue weighted by atomic mass is 35.5. The van der Waals surface area contributed by atoms with E-state index in [1.165, 1.54) is 23.5 Å². The van der Waals surface area contributed by atoms with Crippen molar-refractivity contribution in [3.8, 4) is 5.75 Å². The van der Waals surface area contributed by atoms with Crippen LogP contribution in [-0.4, -0.2) is 45.7 Å². The summed E-state index contributed by atoms with van der Waals surface area (Å²) < 4.78 is 18.9. The third-order valence-electron chi connectivity index (χ3n) is 6.20. The van der Waals surface area contributed by atoms with Crippen molar-refractivity contribution in [2.24, 2.45) is 0 Å². The minimum Gasteiger partial charge on any atom is -0.484 e. The van der Waals surface area contributed by atoms with Gasteiger partial charge in [0.1, 0.15) is 17.3 Å². The number of halogens is 2. The van der Waals surface area contributed by atoms with Gasteiger partial charge in [-0.25, -0.2) is 9.37 Å². The van der Waals surface area contributed by atoms with E-state index >= 15 is 0 Å². The van der Waals surface area contributed by atoms with Gasteiger partial charge >= 0.3 is 0 Å². The number of amides is 2. The number of rotatable bonds is 6. The van der Waals surface area contributed by atoms with Crippen molar-refractivity contribution >= 4 is 34.8 Å². The van der Waals surface area contributed by atoms with Crippen molar-refractivity contribution < 1.29 is 23.8 Å². The number of nitrogens with one attached hydrogen (secondary N) is 2. The van der Waals surface area contributed by atoms with Gasteiger partial charge in [0.2, 0.25) is 0 Å². The lowest BCUT2D eigenvalue weighted by atomic mass is 9.60. The van der Waals surface area contributed by atoms with E-state index in [1.54, 1.807) is 5.38 Å². The van der Waals surface area contributed by atoms with E-state index < -0.39 is 28.9 Å². The Morgan fingerprint density at radius 2 is 2.06 bits per heavy atom. The molecular formula is C21H23ClFN3O4S. The highest BCUT2D eigenvalue weighted by Crippen LogP contribution is 2.47. The average Bonchev–Trinajstić information content (AvgIpc) is 3.17. The lowest BCUT2D eigenvalue weighted by molar-refractivity contribution is -0.132. The molecule has 2 aromatic rings. The van der Waals surface area contributed by atoms with Gasteiger partial charge in [0.05, 0.1) is 21.7 Å². The standard InChI is InChI=1S/C21H23ClFN3O4S/c1-12-24-16(11-31-12)19(29)26-20-4-6-21(7-5-20,17(27)9-20)25-18(28)10-30-13-2-3-14(22)15(23)8-13/h2-3,8,11,17,27H,4-7,9-10H2,1H3,(H,25,28)(H,26,29). The maximum absolute atomic E-state index is 13.5. The Morgan fingerprint density at radius 3 is 2.68 bits per heavy atom. The molecule has 5 rings (SSSR count). The number of benzene rings is 1. The number of thiazole rings is 1. The highest BCUT2D eigenvalue weighted by molar-refractivity contribution is 7.09. The molecule has 0 aliphatic heterocycles. The lowest BCUT2D eigenvalue weighted by Gasteiger charge is -2.56. The van der Waals surface area contributed by atoms with E-state index in [-0.39, 0.29) is 23.3 Å². The summed E-state index contributed by atoms with van der Waals surface area (Å²) in [7, 11) is 0. The number of hydrogen-bond acceptors (Lipinski definition) is 6. The molecule has 31 heavy (non-hydrogen) atoms. The summed E-state index contributed by atoms with van der Waals surface area (Å²) in [6, 6.07) is 3.95. The molecule has 1 aromatic heterocycles. The van der Waals surface area contributed by atoms with Crippen molar-refractivity contribution in [3.05, 3.63) is 45.1 Å². The second-order valence-electron chi connectivity index (χ2n) is 8.28. The maximum Gasteiger partial charge on any atom is 0.271 e. The van der Waals surface area contributed by atoms with Crippen LogP contribution in [0.25, 0.3) is 0 Å². The van der Waals surface area contributed by atoms with Gasteiger partial charge < -0.3 is 20.5 Å². The zero-order chi connectivity index (χ0) is 22.2. The zero-order valence-corrected chi connectivity index (χ0v) is 18.5. The topological polar surface area (TPSA) is 101 Å². The average molecular weight is 468 g/mol. The number of ether oxygens (including phenoxy) is 1. The molecule has 2 bridgehead atoms. The molecule has 1 unspecified atom stereocenters. The fraction of sp³-hybridized carbons (Fsp3) is 0.476. The highest BCUT2D eigenvalue weighted by Gasteiger charge is 2.55. The number of aromatic nitrogens is 1. The van der Waals surface area contributed by atoms with Crippen LogP contribution in [0.2, 0.25) is 5.02 Å². The Kier molecular flexibility index (Phi) is 5.93. The molecule has 1 atom stereocenters. The fourth-order valence-corrected chi connectivity index (χ4v) is 5.17. The molecular weight excluding hydrogens is 445 g/mol. The Hall–Kier alpha value is -2.23. The molecule has 3 N–H and O–H groups in total. The van der Waals surface area contributed by atoms with Crippen LogP contribution in [0.3, 0.4) is 0 Å². The van der Waals surface area contributed by atoms with E-state index in [1.807, 2.05) is 6.92 Å². The summed E-state index contributed by atoms with van der Waals surface area (Å²) in [5.41, 5.74) is -0.870. The van der Waals surface area contributed by atoms with Crippen molar-refractivity contribution in [1.82, 2.24) is 15.6 Å². The van der Waals surface area contributed by atoms with Crippen molar-refractivity contribution in [2.75, 3.05) is 6.61 Å². The van der Waals surface area contributed by atoms with Gasteiger partial charge in [-0.3, -0.25) is 9.59 Å². The minimum absolute atomic E-state index is 0.0243. The molecule has 3 fully saturated rings. The summed E-state index contributed by atoms with van der Waals surface area (Å²) in [4.78, 5) is 29.3. The Morgan fingerprint density at radius 1 is 1.32 bits per heavy atom. The number of carbonyl (C=O) groups is 2. The first-order valence-corrected chi connectivity index (χ1v) is 11.3. The van der Waals surface area contributed by atoms with Crippen molar-refractivity contribution in [3.63, 3.8) is 0 Å². The number of aliphatic hydroxyl groups excluding tert-OH is 1. The maximum atomic E-state index is 13.5. The summed E-state index contributed by atoms with van der Waals surface area (Å²) in [6.45, 7) is 1.54. The van der Waals surface area contributed by atoms with Crippen LogP contribution in [0.1, 0.15) is 47.6 Å². The second kappa shape index (κ2) is 8.37. The van der Waals surface area contributed by atoms with Crippen molar-refractivity contribution in [2.45, 2.75) is 56.2 Å². The number of aryl methyl sites for hydroxylation is 1. The van der Waals surface area contributed by atoms with Crippen LogP contribution in [0.15, 0.2) is 23.6 Å². The molecule has 3 aliphatic rings. The summed E-state index contributed by atoms with van der Waals surface area (Å²) in [5.74, 6) is -1.06. The number of nitrogens with zero attached hydrogens (tertiary/aromatic N) is 1. The van der Waals surface area contributed by atoms with Crippen LogP contribution in [0.4, 0.5) is 4.39 Å². The molecule has 10 heteroatoms. The monoisotopic (exact) mass is 467 g/mol. The summed E-state index contributed by atoms with van der Waals surface area (Å²) in [5, 5.41) is 19.3. The zero-order valence-electron chi connectivity index (χ0n) is 16.9. The Bertz CT molecular complexity index is 1010. The van der Waals surface area contributed by atoms with Gasteiger partial charge in [-0.1, -0.05) is 11.6 Å². The number of fused-ring (bicyclic) bond motifs is 3. The first kappa shape index (κ1) is 22.0. The molecule has 0 radical (unpaired) electrons. The molecule has 7 nitrogen and oxygen atoms in total. The third-order valence-corrected chi connectivity index (χ3v) is 7.28. The van der Waals surface area contributed by atoms with Crippen LogP contribution in [-0.2, 0) is 4.79 Å². The van der Waals surface area contributed by atoms with E-state index in [9.17, 15) is 19.1 Å². The molecule has 0 spiro atoms. The van der Waals surface area contributed by atoms with E-state index in [0.717, 1.165) is 11.1 Å². The van der Waals surface area contributed by atoms with Gasteiger partial charge in [0.25, 0.3) is 11.8 Å². The Labute approximate surface area is 188 Å². The molecule has 3 aliphatic carbocycles. The van der Waals surface area contributed by atoms with Gasteiger partial charge in [-0.15, -0.1) is 11.3 Å². The normalized spacial score (nSPS) is 27.0. The van der Waals surface area contributed by atoms with Crippen LogP contribution in [0, 0.1) is 12.7 Å². The predicted octanol–water partition coefficient (Wildman–Crippen LogP) is 2.99. The quantitative estimate of drug-likeness (QED) is 0.606. The second-order valence-corrected chi connectivity index (χ2v) is 9.74. The molecule has 0 saturated heterocycles. The van der Waals surface area contributed by atoms with Gasteiger partial charge in [0, 0.05) is 17.0 Å². The van der Waals surface area contributed by atoms with Gasteiger partial charge in [-0.05, 0) is 51.2 Å². The number of hydrogen-bond donors (Lipinski definition) is 3. The van der Waals surface area contributed by atoms with E-state index in [4.69, 9.17) is 16.3 Å². The largest absolute Gasteiger partial charge is 0.484 e. The first-order chi connectivity index (χ1) is 14.7. The number of carbonyl (C=O) groups excluding carboxylic acids is 2. The van der Waals surface area contributed by atoms with Crippen LogP contribution in [0.5, 0.6) is 5.75 Å². The lowest BCUT2D eigenvalue weighted by Crippen LogP contribution is -2.70. The van der Waals surface area contributed by atoms with E-state index in [0.29, 0.717) is 37.8 Å². The summed E-state index contributed by atoms with van der Waals surface area (Å²) in [6.07, 6.45) is 1.90. The molecule has 2 amide bonds. The van der Waals surface area contributed by atoms with Crippen LogP contribution < -0.4 is 15.4 Å². The molecule has 1 heterocycles. The van der Waals surface area contributed by atoms with Gasteiger partial charge in [-0.2, -0.15) is 0 Å². The van der Waals surface area contributed by atoms with Crippen LogP contribution >= 0.6 is 22.9 Å².